The van der Waals surface area contributed by atoms with Crippen LogP contribution in [0.15, 0.2) is 59.0 Å². The van der Waals surface area contributed by atoms with E-state index in [1.165, 1.54) is 12.5 Å². The number of halogens is 1. The van der Waals surface area contributed by atoms with Gasteiger partial charge in [0.2, 0.25) is 0 Å². The molecule has 5 rings (SSSR count). The van der Waals surface area contributed by atoms with Gasteiger partial charge in [0.05, 0.1) is 16.9 Å². The van der Waals surface area contributed by atoms with Crippen LogP contribution in [0.25, 0.3) is 10.9 Å². The Morgan fingerprint density at radius 1 is 1.23 bits per heavy atom. The van der Waals surface area contributed by atoms with Crippen molar-refractivity contribution in [1.82, 2.24) is 20.5 Å². The average Bonchev–Trinajstić information content (AvgIpc) is 3.20. The smallest absolute Gasteiger partial charge is 0.152 e. The molecule has 7 heteroatoms. The summed E-state index contributed by atoms with van der Waals surface area (Å²) < 4.78 is 15.1. The molecule has 3 aliphatic heterocycles. The van der Waals surface area contributed by atoms with Crippen molar-refractivity contribution < 1.29 is 4.39 Å². The first kappa shape index (κ1) is 19.9. The number of anilines is 1. The number of benzene rings is 1. The lowest BCUT2D eigenvalue weighted by molar-refractivity contribution is 0.241. The summed E-state index contributed by atoms with van der Waals surface area (Å²) >= 11 is 0. The van der Waals surface area contributed by atoms with Crippen LogP contribution in [0.1, 0.15) is 32.8 Å². The van der Waals surface area contributed by atoms with E-state index in [1.807, 2.05) is 45.2 Å². The molecule has 1 aromatic carbocycles. The molecule has 0 aliphatic carbocycles. The van der Waals surface area contributed by atoms with Gasteiger partial charge in [0.1, 0.15) is 5.82 Å². The Balaban J connectivity index is 1.46. The zero-order chi connectivity index (χ0) is 21.8. The second kappa shape index (κ2) is 7.27. The van der Waals surface area contributed by atoms with Gasteiger partial charge in [0, 0.05) is 42.2 Å². The predicted molar refractivity (Wildman–Crippen MR) is 122 cm³/mol. The Morgan fingerprint density at radius 2 is 2.03 bits per heavy atom. The Kier molecular flexibility index (Phi) is 4.66. The van der Waals surface area contributed by atoms with E-state index in [2.05, 4.69) is 32.1 Å². The van der Waals surface area contributed by atoms with Crippen LogP contribution >= 0.6 is 0 Å². The number of allylic oxidation sites excluding steroid dienone is 3. The molecule has 0 amide bonds. The maximum absolute atomic E-state index is 15.1. The molecule has 4 heterocycles. The lowest BCUT2D eigenvalue weighted by Gasteiger charge is -2.48. The largest absolute Gasteiger partial charge is 0.354 e. The van der Waals surface area contributed by atoms with Crippen LogP contribution in [0.5, 0.6) is 0 Å². The normalized spacial score (nSPS) is 20.1. The summed E-state index contributed by atoms with van der Waals surface area (Å²) in [5.74, 6) is 0.432. The third kappa shape index (κ3) is 3.53. The fourth-order valence-electron chi connectivity index (χ4n) is 4.55. The fraction of sp³-hybridized carbons (Fsp3) is 0.375. The molecule has 31 heavy (non-hydrogen) atoms. The van der Waals surface area contributed by atoms with E-state index < -0.39 is 0 Å². The molecule has 0 unspecified atom stereocenters. The summed E-state index contributed by atoms with van der Waals surface area (Å²) in [5.41, 5.74) is 5.12. The second-order valence-electron chi connectivity index (χ2n) is 9.19. The fourth-order valence-corrected chi connectivity index (χ4v) is 4.55. The van der Waals surface area contributed by atoms with Crippen LogP contribution in [0.2, 0.25) is 0 Å². The van der Waals surface area contributed by atoms with Crippen molar-refractivity contribution >= 4 is 22.4 Å². The minimum Gasteiger partial charge on any atom is -0.354 e. The molecule has 0 bridgehead atoms. The van der Waals surface area contributed by atoms with Gasteiger partial charge in [-0.2, -0.15) is 5.10 Å². The number of hydrazone groups is 1. The van der Waals surface area contributed by atoms with Crippen molar-refractivity contribution in [2.45, 2.75) is 27.2 Å². The minimum atomic E-state index is -0.312. The molecule has 0 saturated carbocycles. The van der Waals surface area contributed by atoms with Crippen LogP contribution in [0, 0.1) is 11.2 Å². The van der Waals surface area contributed by atoms with Crippen molar-refractivity contribution in [3.05, 3.63) is 65.3 Å². The molecule has 160 valence electrons. The van der Waals surface area contributed by atoms with Crippen LogP contribution in [-0.4, -0.2) is 47.1 Å². The molecule has 6 nitrogen and oxygen atoms in total. The SMILES string of the molecule is C=C1C(C)=CC(c2cc(F)c3cc(N4CC5(CCNC5)C4)nnc3c2)=NN1C=C(C)C. The number of fused-ring (bicyclic) bond motifs is 1. The maximum atomic E-state index is 15.1. The highest BCUT2D eigenvalue weighted by molar-refractivity contribution is 6.11. The second-order valence-corrected chi connectivity index (χ2v) is 9.19. The van der Waals surface area contributed by atoms with Crippen molar-refractivity contribution in [1.29, 1.82) is 0 Å². The number of hydrogen-bond acceptors (Lipinski definition) is 6. The first-order valence-corrected chi connectivity index (χ1v) is 10.7. The molecule has 0 radical (unpaired) electrons. The first-order valence-electron chi connectivity index (χ1n) is 10.7. The number of aromatic nitrogens is 2. The highest BCUT2D eigenvalue weighted by Crippen LogP contribution is 2.38. The van der Waals surface area contributed by atoms with E-state index in [9.17, 15) is 0 Å². The van der Waals surface area contributed by atoms with E-state index in [0.717, 1.165) is 48.8 Å². The van der Waals surface area contributed by atoms with E-state index >= 15 is 4.39 Å². The number of nitrogens with zero attached hydrogens (tertiary/aromatic N) is 5. The summed E-state index contributed by atoms with van der Waals surface area (Å²) in [4.78, 5) is 2.19. The monoisotopic (exact) mass is 418 g/mol. The molecular weight excluding hydrogens is 391 g/mol. The van der Waals surface area contributed by atoms with Crippen molar-refractivity contribution in [2.24, 2.45) is 10.5 Å². The predicted octanol–water partition coefficient (Wildman–Crippen LogP) is 3.97. The van der Waals surface area contributed by atoms with Gasteiger partial charge in [-0.05, 0) is 63.6 Å². The molecule has 1 N–H and O–H groups in total. The standard InChI is InChI=1S/C24H27FN6/c1-15(2)11-31-17(4)16(3)7-21(29-31)18-8-20(25)19-10-23(28-27-22(19)9-18)30-13-24(14-30)5-6-26-12-24/h7-11,26H,4-6,12-14H2,1-3H3. The van der Waals surface area contributed by atoms with Gasteiger partial charge in [-0.25, -0.2) is 9.40 Å². The number of rotatable bonds is 3. The van der Waals surface area contributed by atoms with Gasteiger partial charge in [-0.3, -0.25) is 0 Å². The lowest BCUT2D eigenvalue weighted by atomic mass is 9.79. The molecule has 0 atom stereocenters. The van der Waals surface area contributed by atoms with Crippen LogP contribution in [-0.2, 0) is 0 Å². The van der Waals surface area contributed by atoms with E-state index in [4.69, 9.17) is 0 Å². The Morgan fingerprint density at radius 3 is 2.74 bits per heavy atom. The Labute approximate surface area is 181 Å². The molecule has 2 aromatic rings. The molecule has 1 spiro atoms. The highest BCUT2D eigenvalue weighted by Gasteiger charge is 2.45. The van der Waals surface area contributed by atoms with E-state index in [-0.39, 0.29) is 5.82 Å². The third-order valence-corrected chi connectivity index (χ3v) is 6.33. The molecule has 1 aromatic heterocycles. The van der Waals surface area contributed by atoms with E-state index in [1.54, 1.807) is 5.01 Å². The number of hydrogen-bond donors (Lipinski definition) is 1. The van der Waals surface area contributed by atoms with Gasteiger partial charge in [-0.15, -0.1) is 10.2 Å². The molecule has 2 fully saturated rings. The van der Waals surface area contributed by atoms with E-state index in [0.29, 0.717) is 27.6 Å². The summed E-state index contributed by atoms with van der Waals surface area (Å²) in [6, 6.07) is 5.20. The lowest BCUT2D eigenvalue weighted by Crippen LogP contribution is -2.57. The summed E-state index contributed by atoms with van der Waals surface area (Å²) in [6.07, 6.45) is 5.03. The van der Waals surface area contributed by atoms with Crippen LogP contribution in [0.4, 0.5) is 10.2 Å². The Hall–Kier alpha value is -3.06. The zero-order valence-electron chi connectivity index (χ0n) is 18.2. The van der Waals surface area contributed by atoms with Crippen molar-refractivity contribution in [2.75, 3.05) is 31.1 Å². The molecule has 2 saturated heterocycles. The summed E-state index contributed by atoms with van der Waals surface area (Å²) in [6.45, 7) is 14.1. The number of nitrogens with one attached hydrogen (secondary N) is 1. The quantitative estimate of drug-likeness (QED) is 0.817. The first-order chi connectivity index (χ1) is 14.8. The van der Waals surface area contributed by atoms with Gasteiger partial charge in [0.25, 0.3) is 0 Å². The van der Waals surface area contributed by atoms with Gasteiger partial charge >= 0.3 is 0 Å². The van der Waals surface area contributed by atoms with Crippen LogP contribution < -0.4 is 10.2 Å². The average molecular weight is 419 g/mol. The summed E-state index contributed by atoms with van der Waals surface area (Å²) in [5, 5.41) is 19.1. The minimum absolute atomic E-state index is 0.312. The topological polar surface area (TPSA) is 56.6 Å². The molecule has 3 aliphatic rings. The van der Waals surface area contributed by atoms with Gasteiger partial charge < -0.3 is 10.2 Å². The van der Waals surface area contributed by atoms with Crippen molar-refractivity contribution in [3.63, 3.8) is 0 Å². The Bertz CT molecular complexity index is 1160. The maximum Gasteiger partial charge on any atom is 0.152 e. The zero-order valence-corrected chi connectivity index (χ0v) is 18.2. The highest BCUT2D eigenvalue weighted by atomic mass is 19.1. The van der Waals surface area contributed by atoms with Crippen molar-refractivity contribution in [3.8, 4) is 0 Å². The van der Waals surface area contributed by atoms with Gasteiger partial charge in [0.15, 0.2) is 5.82 Å². The third-order valence-electron chi connectivity index (χ3n) is 6.33. The van der Waals surface area contributed by atoms with Crippen LogP contribution in [0.3, 0.4) is 0 Å². The van der Waals surface area contributed by atoms with Gasteiger partial charge in [-0.1, -0.05) is 12.2 Å². The summed E-state index contributed by atoms with van der Waals surface area (Å²) in [7, 11) is 0. The molecular formula is C24H27FN6.